The van der Waals surface area contributed by atoms with Crippen molar-refractivity contribution in [3.8, 4) is 0 Å². The van der Waals surface area contributed by atoms with E-state index in [1.54, 1.807) is 0 Å². The number of rotatable bonds is 1. The summed E-state index contributed by atoms with van der Waals surface area (Å²) in [5.74, 6) is 0. The van der Waals surface area contributed by atoms with Gasteiger partial charge in [-0.3, -0.25) is 0 Å². The van der Waals surface area contributed by atoms with Gasteiger partial charge in [0.1, 0.15) is 0 Å². The minimum atomic E-state index is -4.21. The monoisotopic (exact) mass is 290 g/mol. The third-order valence-electron chi connectivity index (χ3n) is 0.757. The SMILES string of the molecule is CC(=[C-]CBr)C(F)(F)F.[Y]. The van der Waals surface area contributed by atoms with Crippen LogP contribution in [0.3, 0.4) is 0 Å². The molecule has 0 aromatic carbocycles. The van der Waals surface area contributed by atoms with Gasteiger partial charge in [0.05, 0.1) is 0 Å². The second-order valence-electron chi connectivity index (χ2n) is 1.43. The Morgan fingerprint density at radius 2 is 1.90 bits per heavy atom. The maximum Gasteiger partial charge on any atom is 0.381 e. The summed E-state index contributed by atoms with van der Waals surface area (Å²) >= 11 is 2.81. The molecule has 0 heterocycles. The molecular formula is C5H5BrF3Y-. The molecule has 0 unspecified atom stereocenters. The minimum Gasteiger partial charge on any atom is -0.478 e. The zero-order valence-electron chi connectivity index (χ0n) is 5.30. The molecule has 0 aliphatic heterocycles. The van der Waals surface area contributed by atoms with E-state index in [-0.39, 0.29) is 38.0 Å². The molecule has 0 bridgehead atoms. The van der Waals surface area contributed by atoms with Crippen molar-refractivity contribution in [3.63, 3.8) is 0 Å². The fourth-order valence-corrected chi connectivity index (χ4v) is 0.621. The fourth-order valence-electron chi connectivity index (χ4n) is 0.200. The zero-order valence-corrected chi connectivity index (χ0v) is 9.72. The van der Waals surface area contributed by atoms with Crippen LogP contribution in [0.15, 0.2) is 5.57 Å². The van der Waals surface area contributed by atoms with E-state index in [0.717, 1.165) is 6.92 Å². The predicted molar refractivity (Wildman–Crippen MR) is 32.3 cm³/mol. The number of hydrogen-bond acceptors (Lipinski definition) is 0. The van der Waals surface area contributed by atoms with Crippen LogP contribution < -0.4 is 0 Å². The molecule has 0 saturated heterocycles. The molecular weight excluding hydrogens is 286 g/mol. The molecule has 0 spiro atoms. The van der Waals surface area contributed by atoms with Gasteiger partial charge in [0.25, 0.3) is 0 Å². The molecule has 0 saturated carbocycles. The third kappa shape index (κ3) is 5.87. The molecule has 10 heavy (non-hydrogen) atoms. The zero-order chi connectivity index (χ0) is 7.49. The Bertz CT molecular complexity index is 119. The Labute approximate surface area is 91.3 Å². The van der Waals surface area contributed by atoms with Gasteiger partial charge in [-0.1, -0.05) is 6.92 Å². The topological polar surface area (TPSA) is 0 Å². The number of allylic oxidation sites excluding steroid dienone is 2. The molecule has 1 radical (unpaired) electrons. The quantitative estimate of drug-likeness (QED) is 0.515. The van der Waals surface area contributed by atoms with Gasteiger partial charge < -0.3 is 6.08 Å². The smallest absolute Gasteiger partial charge is 0.381 e. The van der Waals surface area contributed by atoms with Crippen LogP contribution >= 0.6 is 15.9 Å². The molecule has 0 nitrogen and oxygen atoms in total. The Kier molecular flexibility index (Phi) is 7.84. The average molecular weight is 291 g/mol. The summed E-state index contributed by atoms with van der Waals surface area (Å²) in [6.45, 7) is 0.987. The van der Waals surface area contributed by atoms with Gasteiger partial charge in [-0.15, -0.1) is 21.3 Å². The van der Waals surface area contributed by atoms with Gasteiger partial charge >= 0.3 is 6.18 Å². The van der Waals surface area contributed by atoms with Crippen molar-refractivity contribution in [2.24, 2.45) is 0 Å². The van der Waals surface area contributed by atoms with Gasteiger partial charge in [0.15, 0.2) is 0 Å². The van der Waals surface area contributed by atoms with E-state index in [0.29, 0.717) is 0 Å². The van der Waals surface area contributed by atoms with Gasteiger partial charge in [-0.05, 0) is 0 Å². The first-order valence-electron chi connectivity index (χ1n) is 2.19. The number of hydrogen-bond donors (Lipinski definition) is 0. The number of halogens is 4. The summed E-state index contributed by atoms with van der Waals surface area (Å²) in [6, 6.07) is 0. The molecule has 0 amide bonds. The Morgan fingerprint density at radius 3 is 2.00 bits per heavy atom. The fraction of sp³-hybridized carbons (Fsp3) is 0.600. The van der Waals surface area contributed by atoms with Crippen LogP contribution in [0.5, 0.6) is 0 Å². The predicted octanol–water partition coefficient (Wildman–Crippen LogP) is 2.69. The summed E-state index contributed by atoms with van der Waals surface area (Å²) in [5.41, 5.74) is -0.681. The van der Waals surface area contributed by atoms with Crippen LogP contribution in [0.4, 0.5) is 13.2 Å². The second kappa shape index (κ2) is 5.72. The van der Waals surface area contributed by atoms with E-state index in [2.05, 4.69) is 22.0 Å². The summed E-state index contributed by atoms with van der Waals surface area (Å²) in [5, 5.41) is 0.123. The molecule has 0 N–H and O–H groups in total. The normalized spacial score (nSPS) is 12.7. The van der Waals surface area contributed by atoms with Crippen LogP contribution in [0.2, 0.25) is 0 Å². The van der Waals surface area contributed by atoms with Gasteiger partial charge in [-0.2, -0.15) is 18.7 Å². The standard InChI is InChI=1S/C5H5BrF3.Y/c1-4(2-3-6)5(7,8)9;/h3H2,1H3;/q-1;. The van der Waals surface area contributed by atoms with Crippen LogP contribution in [-0.4, -0.2) is 11.5 Å². The molecule has 0 rings (SSSR count). The Morgan fingerprint density at radius 1 is 1.50 bits per heavy atom. The van der Waals surface area contributed by atoms with E-state index in [4.69, 9.17) is 0 Å². The largest absolute Gasteiger partial charge is 0.478 e. The Balaban J connectivity index is 0. The summed E-state index contributed by atoms with van der Waals surface area (Å²) in [6.07, 6.45) is -2.12. The van der Waals surface area contributed by atoms with Crippen LogP contribution in [-0.2, 0) is 32.7 Å². The minimum absolute atomic E-state index is 0. The second-order valence-corrected chi connectivity index (χ2v) is 1.99. The van der Waals surface area contributed by atoms with E-state index < -0.39 is 11.7 Å². The van der Waals surface area contributed by atoms with E-state index in [9.17, 15) is 13.2 Å². The Hall–Kier alpha value is 1.11. The van der Waals surface area contributed by atoms with Crippen molar-refractivity contribution in [1.29, 1.82) is 0 Å². The maximum atomic E-state index is 11.5. The van der Waals surface area contributed by atoms with Crippen molar-refractivity contribution in [2.45, 2.75) is 13.1 Å². The van der Waals surface area contributed by atoms with Crippen LogP contribution in [0, 0.1) is 6.08 Å². The van der Waals surface area contributed by atoms with Crippen molar-refractivity contribution in [2.75, 3.05) is 5.33 Å². The van der Waals surface area contributed by atoms with Crippen molar-refractivity contribution in [1.82, 2.24) is 0 Å². The number of alkyl halides is 4. The van der Waals surface area contributed by atoms with Crippen molar-refractivity contribution >= 4 is 15.9 Å². The molecule has 57 valence electrons. The maximum absolute atomic E-state index is 11.5. The molecule has 0 aliphatic rings. The van der Waals surface area contributed by atoms with Gasteiger partial charge in [-0.25, -0.2) is 0 Å². The first-order valence-corrected chi connectivity index (χ1v) is 3.31. The summed E-state index contributed by atoms with van der Waals surface area (Å²) < 4.78 is 34.5. The molecule has 0 aromatic heterocycles. The third-order valence-corrected chi connectivity index (χ3v) is 1.04. The summed E-state index contributed by atoms with van der Waals surface area (Å²) in [4.78, 5) is 0. The van der Waals surface area contributed by atoms with E-state index in [1.807, 2.05) is 0 Å². The molecule has 0 aromatic rings. The molecule has 0 aliphatic carbocycles. The first-order chi connectivity index (χ1) is 3.98. The van der Waals surface area contributed by atoms with Crippen LogP contribution in [0.25, 0.3) is 0 Å². The molecule has 0 fully saturated rings. The molecule has 0 atom stereocenters. The van der Waals surface area contributed by atoms with Gasteiger partial charge in [0.2, 0.25) is 0 Å². The first kappa shape index (κ1) is 13.7. The van der Waals surface area contributed by atoms with Crippen molar-refractivity contribution < 1.29 is 45.9 Å². The summed E-state index contributed by atoms with van der Waals surface area (Å²) in [7, 11) is 0. The van der Waals surface area contributed by atoms with E-state index in [1.165, 1.54) is 0 Å². The van der Waals surface area contributed by atoms with E-state index >= 15 is 0 Å². The average Bonchev–Trinajstić information content (AvgIpc) is 1.64. The van der Waals surface area contributed by atoms with Crippen LogP contribution in [0.1, 0.15) is 6.92 Å². The molecule has 5 heteroatoms. The van der Waals surface area contributed by atoms with Crippen molar-refractivity contribution in [3.05, 3.63) is 11.6 Å². The van der Waals surface area contributed by atoms with Gasteiger partial charge in [0, 0.05) is 32.7 Å².